The van der Waals surface area contributed by atoms with Crippen molar-refractivity contribution in [3.63, 3.8) is 0 Å². The van der Waals surface area contributed by atoms with Crippen LogP contribution in [0, 0.1) is 35.5 Å². The number of ketones is 3. The molecule has 4 rings (SSSR count). The van der Waals surface area contributed by atoms with E-state index in [0.29, 0.717) is 75.7 Å². The zero-order chi connectivity index (χ0) is 52.8. The van der Waals surface area contributed by atoms with E-state index in [1.165, 1.54) is 12.0 Å². The molecular formula is C55H88NO14P. The maximum Gasteiger partial charge on any atom is 0.329 e. The van der Waals surface area contributed by atoms with Gasteiger partial charge in [0.2, 0.25) is 13.2 Å². The van der Waals surface area contributed by atoms with E-state index in [2.05, 4.69) is 0 Å². The van der Waals surface area contributed by atoms with Gasteiger partial charge in [-0.05, 0) is 107 Å². The van der Waals surface area contributed by atoms with E-state index in [4.69, 9.17) is 28.2 Å². The van der Waals surface area contributed by atoms with Gasteiger partial charge in [0.05, 0.1) is 24.4 Å². The minimum atomic E-state index is -2.81. The number of aliphatic hydroxyl groups excluding tert-OH is 1. The number of piperidine rings is 1. The molecule has 16 heteroatoms. The van der Waals surface area contributed by atoms with Crippen molar-refractivity contribution in [1.29, 1.82) is 0 Å². The molecule has 2 saturated heterocycles. The summed E-state index contributed by atoms with van der Waals surface area (Å²) in [7, 11) is 1.77. The summed E-state index contributed by atoms with van der Waals surface area (Å²) in [6, 6.07) is -1.16. The standard InChI is InChI=1S/C55H88NO14P/c1-13-71(64,14-2)70-45-26-24-41(31-48(45)66-11)30-37(6)47-33-44(57)36(5)29-39(8)50(59)51(67-12)49(58)38(7)28-34(3)20-16-15-17-21-35(4)46(65-10)32-42-25-23-40(9)55(63,69-42)52(60)53(61)56-27-19-18-22-43(56)54(62)68-47/h15-17,20-21,29,34,36-38,40-43,45-48,50-51,59,63H,13-14,18-19,22-28,30-33H2,1-12H3/b17-15+,20-16+,35-21+,39-29+/t34-,36-,37-,38-,40-,41?,42+,43+,45-,46+,47?,48-,50-,51+,55-/m1/s1. The first-order chi connectivity index (χ1) is 33.6. The fourth-order valence-corrected chi connectivity index (χ4v) is 12.3. The second-order valence-corrected chi connectivity index (χ2v) is 24.2. The Morgan fingerprint density at radius 3 is 2.20 bits per heavy atom. The van der Waals surface area contributed by atoms with Crippen LogP contribution in [0.1, 0.15) is 139 Å². The number of carbonyl (C=O) groups excluding carboxylic acids is 5. The smallest absolute Gasteiger partial charge is 0.329 e. The molecule has 2 bridgehead atoms. The van der Waals surface area contributed by atoms with E-state index < -0.39 is 85.1 Å². The zero-order valence-electron chi connectivity index (χ0n) is 44.8. The van der Waals surface area contributed by atoms with Crippen LogP contribution in [0.15, 0.2) is 47.6 Å². The topological polar surface area (TPSA) is 201 Å². The summed E-state index contributed by atoms with van der Waals surface area (Å²) in [5.41, 5.74) is 1.26. The van der Waals surface area contributed by atoms with E-state index >= 15 is 0 Å². The number of cyclic esters (lactones) is 1. The highest BCUT2D eigenvalue weighted by molar-refractivity contribution is 7.58. The normalized spacial score (nSPS) is 38.3. The number of hydrogen-bond donors (Lipinski definition) is 2. The predicted molar refractivity (Wildman–Crippen MR) is 273 cm³/mol. The van der Waals surface area contributed by atoms with Gasteiger partial charge in [0.15, 0.2) is 5.78 Å². The van der Waals surface area contributed by atoms with E-state index in [1.807, 2.05) is 71.9 Å². The molecule has 3 heterocycles. The monoisotopic (exact) mass is 1020 g/mol. The van der Waals surface area contributed by atoms with Crippen molar-refractivity contribution in [2.45, 2.75) is 194 Å². The Hall–Kier alpha value is -3.14. The molecule has 0 aromatic heterocycles. The maximum atomic E-state index is 14.5. The molecule has 2 N–H and O–H groups in total. The Bertz CT molecular complexity index is 1970. The van der Waals surface area contributed by atoms with E-state index in [1.54, 1.807) is 41.1 Å². The quantitative estimate of drug-likeness (QED) is 0.0913. The third-order valence-corrected chi connectivity index (χ3v) is 18.3. The molecule has 15 nitrogen and oxygen atoms in total. The van der Waals surface area contributed by atoms with Crippen LogP contribution in [-0.2, 0) is 56.7 Å². The number of ether oxygens (including phenoxy) is 5. The lowest BCUT2D eigenvalue weighted by molar-refractivity contribution is -0.265. The van der Waals surface area contributed by atoms with Crippen LogP contribution >= 0.6 is 7.37 Å². The van der Waals surface area contributed by atoms with E-state index in [9.17, 15) is 38.8 Å². The van der Waals surface area contributed by atoms with Crippen LogP contribution in [0.3, 0.4) is 0 Å². The number of rotatable bonds is 10. The molecule has 15 atom stereocenters. The van der Waals surface area contributed by atoms with Gasteiger partial charge in [-0.15, -0.1) is 0 Å². The lowest BCUT2D eigenvalue weighted by Gasteiger charge is -2.42. The summed E-state index contributed by atoms with van der Waals surface area (Å²) >= 11 is 0. The second-order valence-electron chi connectivity index (χ2n) is 21.1. The highest BCUT2D eigenvalue weighted by Crippen LogP contribution is 2.50. The molecule has 4 aliphatic rings. The average Bonchev–Trinajstić information content (AvgIpc) is 3.35. The summed E-state index contributed by atoms with van der Waals surface area (Å²) in [5, 5.41) is 23.5. The van der Waals surface area contributed by atoms with Crippen LogP contribution in [0.25, 0.3) is 0 Å². The number of esters is 1. The number of allylic oxidation sites excluding steroid dienone is 6. The van der Waals surface area contributed by atoms with Crippen molar-refractivity contribution in [2.75, 3.05) is 40.2 Å². The van der Waals surface area contributed by atoms with Gasteiger partial charge in [-0.25, -0.2) is 4.79 Å². The van der Waals surface area contributed by atoms with Crippen molar-refractivity contribution < 1.29 is 67.0 Å². The molecule has 2 unspecified atom stereocenters. The number of hydrogen-bond acceptors (Lipinski definition) is 14. The zero-order valence-corrected chi connectivity index (χ0v) is 45.7. The lowest BCUT2D eigenvalue weighted by Crippen LogP contribution is -2.61. The summed E-state index contributed by atoms with van der Waals surface area (Å²) in [5.74, 6) is -8.10. The van der Waals surface area contributed by atoms with Gasteiger partial charge in [0.1, 0.15) is 30.1 Å². The Balaban J connectivity index is 1.70. The lowest BCUT2D eigenvalue weighted by atomic mass is 9.78. The number of Topliss-reactive ketones (excluding diaryl/α,β-unsaturated/α-hetero) is 3. The van der Waals surface area contributed by atoms with Gasteiger partial charge >= 0.3 is 5.97 Å². The van der Waals surface area contributed by atoms with E-state index in [0.717, 1.165) is 12.0 Å². The third-order valence-electron chi connectivity index (χ3n) is 15.7. The van der Waals surface area contributed by atoms with Gasteiger partial charge in [-0.1, -0.05) is 84.9 Å². The molecule has 71 heavy (non-hydrogen) atoms. The number of methoxy groups -OCH3 is 3. The van der Waals surface area contributed by atoms with Crippen molar-refractivity contribution in [3.05, 3.63) is 47.6 Å². The van der Waals surface area contributed by atoms with Crippen LogP contribution < -0.4 is 0 Å². The number of nitrogens with zero attached hydrogens (tertiary/aromatic N) is 1. The summed E-state index contributed by atoms with van der Waals surface area (Å²) in [4.78, 5) is 72.4. The van der Waals surface area contributed by atoms with Crippen LogP contribution in [-0.4, -0.2) is 139 Å². The number of fused-ring (bicyclic) bond motifs is 3. The highest BCUT2D eigenvalue weighted by atomic mass is 31.2. The molecule has 0 aromatic carbocycles. The van der Waals surface area contributed by atoms with Gasteiger partial charge in [0, 0.05) is 70.8 Å². The molecule has 3 fully saturated rings. The Labute approximate surface area is 424 Å². The van der Waals surface area contributed by atoms with Crippen molar-refractivity contribution in [1.82, 2.24) is 4.90 Å². The predicted octanol–water partition coefficient (Wildman–Crippen LogP) is 8.52. The fraction of sp³-hybridized carbons (Fsp3) is 0.764. The molecule has 1 amide bonds. The summed E-state index contributed by atoms with van der Waals surface area (Å²) in [6.07, 6.45) is 12.3. The number of carbonyl (C=O) groups is 5. The fourth-order valence-electron chi connectivity index (χ4n) is 10.8. The molecule has 3 aliphatic heterocycles. The minimum Gasteiger partial charge on any atom is -0.460 e. The van der Waals surface area contributed by atoms with Crippen molar-refractivity contribution in [2.24, 2.45) is 35.5 Å². The Morgan fingerprint density at radius 1 is 0.845 bits per heavy atom. The minimum absolute atomic E-state index is 0.0112. The number of amides is 1. The van der Waals surface area contributed by atoms with Crippen molar-refractivity contribution in [3.8, 4) is 0 Å². The van der Waals surface area contributed by atoms with Gasteiger partial charge in [0.25, 0.3) is 11.7 Å². The van der Waals surface area contributed by atoms with Crippen LogP contribution in [0.2, 0.25) is 0 Å². The summed E-state index contributed by atoms with van der Waals surface area (Å²) in [6.45, 7) is 16.5. The largest absolute Gasteiger partial charge is 0.460 e. The summed E-state index contributed by atoms with van der Waals surface area (Å²) < 4.78 is 49.4. The SMILES string of the molecule is CCP(=O)(CC)O[C@@H]1CCC(C[C@@H](C)C2CC(=O)[C@H](C)/C=C(\C)[C@@H](O)[C@@H](OC)C(=O)[C@H](C)C[C@H](C)/C=C/C=C/C=C(\C)[C@@H](OC)C[C@@H]3CC[C@@H](C)[C@@](O)(O3)C(=O)C(=O)N3CCCC[C@H]3C(=O)O2)C[C@H]1OC. The molecule has 0 spiro atoms. The van der Waals surface area contributed by atoms with E-state index in [-0.39, 0.29) is 60.9 Å². The Kier molecular flexibility index (Phi) is 23.8. The first kappa shape index (κ1) is 60.4. The first-order valence-electron chi connectivity index (χ1n) is 26.3. The molecule has 1 aliphatic carbocycles. The highest BCUT2D eigenvalue weighted by Gasteiger charge is 2.53. The Morgan fingerprint density at radius 2 is 1.55 bits per heavy atom. The van der Waals surface area contributed by atoms with Gasteiger partial charge < -0.3 is 43.3 Å². The molecule has 0 radical (unpaired) electrons. The molecule has 402 valence electrons. The molecule has 0 aromatic rings. The average molecular weight is 1020 g/mol. The van der Waals surface area contributed by atoms with Crippen LogP contribution in [0.5, 0.6) is 0 Å². The second kappa shape index (κ2) is 28.0. The number of aliphatic hydroxyl groups is 2. The van der Waals surface area contributed by atoms with Gasteiger partial charge in [-0.2, -0.15) is 0 Å². The maximum absolute atomic E-state index is 14.5. The van der Waals surface area contributed by atoms with Gasteiger partial charge in [-0.3, -0.25) is 23.7 Å². The van der Waals surface area contributed by atoms with Crippen molar-refractivity contribution >= 4 is 36.6 Å². The molecule has 1 saturated carbocycles. The molecular weight excluding hydrogens is 930 g/mol. The third kappa shape index (κ3) is 16.2. The first-order valence-corrected chi connectivity index (χ1v) is 28.3. The van der Waals surface area contributed by atoms with Crippen LogP contribution in [0.4, 0.5) is 0 Å².